The minimum Gasteiger partial charge on any atom is -0.377 e. The van der Waals surface area contributed by atoms with Gasteiger partial charge < -0.3 is 19.5 Å². The molecule has 0 saturated carbocycles. The molecule has 0 aliphatic rings. The number of carbonyl (C=O) groups excluding carboxylic acids is 1. The fourth-order valence-electron chi connectivity index (χ4n) is 1.06. The fourth-order valence-corrected chi connectivity index (χ4v) is 3.16. The van der Waals surface area contributed by atoms with Gasteiger partial charge >= 0.3 is 7.60 Å². The van der Waals surface area contributed by atoms with Crippen molar-refractivity contribution < 1.29 is 23.5 Å². The van der Waals surface area contributed by atoms with Gasteiger partial charge in [0.25, 0.3) is 0 Å². The molecule has 0 radical (unpaired) electrons. The highest BCUT2D eigenvalue weighted by Crippen LogP contribution is 2.49. The van der Waals surface area contributed by atoms with Gasteiger partial charge in [-0.25, -0.2) is 0 Å². The van der Waals surface area contributed by atoms with E-state index in [9.17, 15) is 9.36 Å². The summed E-state index contributed by atoms with van der Waals surface area (Å²) in [5, 5.41) is 9.65. The van der Waals surface area contributed by atoms with Gasteiger partial charge in [0.15, 0.2) is 0 Å². The van der Waals surface area contributed by atoms with Crippen molar-refractivity contribution in [3.05, 3.63) is 0 Å². The average molecular weight is 405 g/mol. The van der Waals surface area contributed by atoms with Gasteiger partial charge in [0.05, 0.1) is 30.1 Å². The smallest absolute Gasteiger partial charge is 0.331 e. The van der Waals surface area contributed by atoms with Gasteiger partial charge in [-0.05, 0) is 0 Å². The molecule has 6 nitrogen and oxygen atoms in total. The van der Waals surface area contributed by atoms with E-state index < -0.39 is 31.0 Å². The summed E-state index contributed by atoms with van der Waals surface area (Å²) in [4.78, 5) is 11.3. The SMILES string of the molecule is O=C(CCP(=O)(OCC(Cl)CCl)OCC(Cl)CCl)NCO. The number of rotatable bonds is 12. The molecule has 11 heteroatoms. The normalized spacial score (nSPS) is 17.0. The molecular formula is C10H18Cl4NO5P. The lowest BCUT2D eigenvalue weighted by Crippen LogP contribution is -2.25. The van der Waals surface area contributed by atoms with Crippen LogP contribution in [0.1, 0.15) is 6.42 Å². The summed E-state index contributed by atoms with van der Waals surface area (Å²) in [6.45, 7) is -0.674. The number of hydrogen-bond donors (Lipinski definition) is 2. The quantitative estimate of drug-likeness (QED) is 0.296. The van der Waals surface area contributed by atoms with Crippen LogP contribution in [-0.4, -0.2) is 59.6 Å². The zero-order valence-electron chi connectivity index (χ0n) is 11.1. The molecule has 0 heterocycles. The van der Waals surface area contributed by atoms with Crippen molar-refractivity contribution in [1.82, 2.24) is 5.32 Å². The second-order valence-corrected chi connectivity index (χ2v) is 7.97. The van der Waals surface area contributed by atoms with Crippen LogP contribution in [0.2, 0.25) is 0 Å². The lowest BCUT2D eigenvalue weighted by Gasteiger charge is -2.20. The average Bonchev–Trinajstić information content (AvgIpc) is 2.48. The summed E-state index contributed by atoms with van der Waals surface area (Å²) >= 11 is 22.6. The van der Waals surface area contributed by atoms with Gasteiger partial charge in [-0.3, -0.25) is 9.36 Å². The zero-order valence-corrected chi connectivity index (χ0v) is 15.1. The highest BCUT2D eigenvalue weighted by Gasteiger charge is 2.28. The number of halogens is 4. The lowest BCUT2D eigenvalue weighted by atomic mass is 10.5. The Morgan fingerprint density at radius 1 is 1.14 bits per heavy atom. The molecule has 2 N–H and O–H groups in total. The second kappa shape index (κ2) is 12.2. The maximum Gasteiger partial charge on any atom is 0.331 e. The number of aliphatic hydroxyl groups excluding tert-OH is 1. The number of nitrogens with one attached hydrogen (secondary N) is 1. The van der Waals surface area contributed by atoms with Gasteiger partial charge in [-0.1, -0.05) is 0 Å². The van der Waals surface area contributed by atoms with Crippen molar-refractivity contribution in [2.45, 2.75) is 17.2 Å². The van der Waals surface area contributed by atoms with E-state index in [4.69, 9.17) is 60.6 Å². The Labute approximate surface area is 143 Å². The van der Waals surface area contributed by atoms with Crippen LogP contribution in [0, 0.1) is 0 Å². The maximum absolute atomic E-state index is 12.5. The molecule has 0 spiro atoms. The molecule has 2 atom stereocenters. The first-order valence-corrected chi connectivity index (χ1v) is 9.69. The van der Waals surface area contributed by atoms with E-state index in [-0.39, 0.29) is 37.6 Å². The summed E-state index contributed by atoms with van der Waals surface area (Å²) < 4.78 is 22.8. The second-order valence-electron chi connectivity index (χ2n) is 3.94. The highest BCUT2D eigenvalue weighted by molar-refractivity contribution is 7.53. The molecule has 0 rings (SSSR count). The van der Waals surface area contributed by atoms with Crippen LogP contribution in [0.3, 0.4) is 0 Å². The molecule has 0 aliphatic carbocycles. The van der Waals surface area contributed by atoms with Gasteiger partial charge in [-0.2, -0.15) is 0 Å². The lowest BCUT2D eigenvalue weighted by molar-refractivity contribution is -0.121. The van der Waals surface area contributed by atoms with Crippen molar-refractivity contribution in [2.24, 2.45) is 0 Å². The third-order valence-electron chi connectivity index (χ3n) is 2.13. The number of amides is 1. The Morgan fingerprint density at radius 3 is 2.00 bits per heavy atom. The summed E-state index contributed by atoms with van der Waals surface area (Å²) in [5.74, 6) is -0.247. The van der Waals surface area contributed by atoms with E-state index in [0.29, 0.717) is 0 Å². The molecule has 0 bridgehead atoms. The van der Waals surface area contributed by atoms with Crippen molar-refractivity contribution in [1.29, 1.82) is 0 Å². The third-order valence-corrected chi connectivity index (χ3v) is 5.61. The number of alkyl halides is 4. The van der Waals surface area contributed by atoms with E-state index in [1.165, 1.54) is 0 Å². The van der Waals surface area contributed by atoms with Crippen molar-refractivity contribution in [3.8, 4) is 0 Å². The molecule has 1 amide bonds. The van der Waals surface area contributed by atoms with Crippen LogP contribution < -0.4 is 5.32 Å². The number of aliphatic hydroxyl groups is 1. The molecule has 0 fully saturated rings. The van der Waals surface area contributed by atoms with E-state index in [1.807, 2.05) is 0 Å². The predicted molar refractivity (Wildman–Crippen MR) is 84.9 cm³/mol. The molecule has 126 valence electrons. The molecule has 0 aromatic heterocycles. The molecule has 0 saturated heterocycles. The molecule has 0 aromatic carbocycles. The maximum atomic E-state index is 12.5. The van der Waals surface area contributed by atoms with E-state index in [1.54, 1.807) is 0 Å². The van der Waals surface area contributed by atoms with Crippen molar-refractivity contribution >= 4 is 59.9 Å². The number of hydrogen-bond acceptors (Lipinski definition) is 5. The first kappa shape index (κ1) is 21.7. The van der Waals surface area contributed by atoms with Crippen LogP contribution in [0.4, 0.5) is 0 Å². The number of carbonyl (C=O) groups is 1. The Hall–Kier alpha value is 0.740. The van der Waals surface area contributed by atoms with Crippen LogP contribution in [0.15, 0.2) is 0 Å². The summed E-state index contributed by atoms with van der Waals surface area (Å²) in [6, 6.07) is 0. The minimum atomic E-state index is -3.56. The van der Waals surface area contributed by atoms with Crippen LogP contribution in [-0.2, 0) is 18.4 Å². The van der Waals surface area contributed by atoms with E-state index in [0.717, 1.165) is 0 Å². The third kappa shape index (κ3) is 11.0. The van der Waals surface area contributed by atoms with Crippen LogP contribution in [0.5, 0.6) is 0 Å². The Balaban J connectivity index is 4.50. The molecule has 0 aromatic rings. The molecule has 2 unspecified atom stereocenters. The van der Waals surface area contributed by atoms with Gasteiger partial charge in [0.2, 0.25) is 5.91 Å². The Bertz CT molecular complexity index is 331. The summed E-state index contributed by atoms with van der Waals surface area (Å²) in [6.07, 6.45) is -0.309. The first-order chi connectivity index (χ1) is 9.86. The largest absolute Gasteiger partial charge is 0.377 e. The molecule has 0 aliphatic heterocycles. The van der Waals surface area contributed by atoms with Crippen molar-refractivity contribution in [3.63, 3.8) is 0 Å². The Morgan fingerprint density at radius 2 is 1.62 bits per heavy atom. The topological polar surface area (TPSA) is 84.9 Å². The van der Waals surface area contributed by atoms with E-state index in [2.05, 4.69) is 5.32 Å². The highest BCUT2D eigenvalue weighted by atomic mass is 35.5. The molecule has 21 heavy (non-hydrogen) atoms. The minimum absolute atomic E-state index is 0.0855. The summed E-state index contributed by atoms with van der Waals surface area (Å²) in [5.41, 5.74) is 0. The zero-order chi connectivity index (χ0) is 16.3. The monoisotopic (exact) mass is 403 g/mol. The van der Waals surface area contributed by atoms with Crippen LogP contribution >= 0.6 is 54.0 Å². The Kier molecular flexibility index (Phi) is 12.6. The van der Waals surface area contributed by atoms with Gasteiger partial charge in [0.1, 0.15) is 6.73 Å². The van der Waals surface area contributed by atoms with Crippen LogP contribution in [0.25, 0.3) is 0 Å². The standard InChI is InChI=1S/C10H18Cl4NO5P/c11-3-8(13)5-19-21(18,20-6-9(14)4-12)2-1-10(17)15-7-16/h8-9,16H,1-7H2,(H,15,17). The fraction of sp³-hybridized carbons (Fsp3) is 0.900. The van der Waals surface area contributed by atoms with Gasteiger partial charge in [0, 0.05) is 18.2 Å². The molecular weight excluding hydrogens is 387 g/mol. The summed E-state index contributed by atoms with van der Waals surface area (Å²) in [7, 11) is -3.56. The van der Waals surface area contributed by atoms with E-state index >= 15 is 0 Å². The predicted octanol–water partition coefficient (Wildman–Crippen LogP) is 2.36. The van der Waals surface area contributed by atoms with Gasteiger partial charge in [-0.15, -0.1) is 46.4 Å². The first-order valence-electron chi connectivity index (χ1n) is 6.02. The van der Waals surface area contributed by atoms with Crippen molar-refractivity contribution in [2.75, 3.05) is 37.9 Å².